The Balaban J connectivity index is 0.00000280. The molecule has 2 heterocycles. The van der Waals surface area contributed by atoms with E-state index in [9.17, 15) is 9.18 Å². The summed E-state index contributed by atoms with van der Waals surface area (Å²) in [6.45, 7) is 5.08. The van der Waals surface area contributed by atoms with E-state index >= 15 is 0 Å². The molecule has 1 amide bonds. The maximum Gasteiger partial charge on any atom is 0.289 e. The molecule has 1 saturated heterocycles. The van der Waals surface area contributed by atoms with Crippen molar-refractivity contribution in [2.24, 2.45) is 0 Å². The van der Waals surface area contributed by atoms with E-state index in [1.54, 1.807) is 24.3 Å². The largest absolute Gasteiger partial charge is 0.494 e. The number of unbranched alkanes of at least 4 members (excludes halogenated alkanes) is 3. The van der Waals surface area contributed by atoms with Crippen LogP contribution < -0.4 is 4.74 Å². The fraction of sp³-hybridized carbons (Fsp3) is 0.476. The van der Waals surface area contributed by atoms with Gasteiger partial charge in [-0.3, -0.25) is 9.69 Å². The third kappa shape index (κ3) is 6.84. The van der Waals surface area contributed by atoms with Crippen molar-refractivity contribution in [3.8, 4) is 5.75 Å². The van der Waals surface area contributed by atoms with E-state index in [4.69, 9.17) is 9.15 Å². The van der Waals surface area contributed by atoms with Gasteiger partial charge in [-0.05, 0) is 55.8 Å². The maximum absolute atomic E-state index is 12.8. The molecule has 0 N–H and O–H groups in total. The lowest BCUT2D eigenvalue weighted by molar-refractivity contribution is 0.0604. The molecule has 2 aromatic rings. The van der Waals surface area contributed by atoms with Gasteiger partial charge in [0.2, 0.25) is 0 Å². The number of amides is 1. The van der Waals surface area contributed by atoms with Crippen molar-refractivity contribution in [3.63, 3.8) is 0 Å². The summed E-state index contributed by atoms with van der Waals surface area (Å²) in [4.78, 5) is 16.5. The van der Waals surface area contributed by atoms with Crippen LogP contribution in [0.25, 0.3) is 0 Å². The average molecular weight is 411 g/mol. The first-order valence-corrected chi connectivity index (χ1v) is 9.66. The van der Waals surface area contributed by atoms with Gasteiger partial charge in [-0.15, -0.1) is 12.4 Å². The van der Waals surface area contributed by atoms with Gasteiger partial charge in [0.05, 0.1) is 12.9 Å². The molecule has 0 spiro atoms. The number of furan rings is 1. The lowest BCUT2D eigenvalue weighted by Crippen LogP contribution is -2.48. The number of halogens is 2. The Morgan fingerprint density at radius 1 is 1.00 bits per heavy atom. The minimum atomic E-state index is -0.242. The Morgan fingerprint density at radius 2 is 1.71 bits per heavy atom. The van der Waals surface area contributed by atoms with Crippen molar-refractivity contribution in [3.05, 3.63) is 54.2 Å². The average Bonchev–Trinajstić information content (AvgIpc) is 3.23. The van der Waals surface area contributed by atoms with Crippen molar-refractivity contribution in [1.82, 2.24) is 9.80 Å². The summed E-state index contributed by atoms with van der Waals surface area (Å²) in [6.07, 6.45) is 5.98. The molecule has 5 nitrogen and oxygen atoms in total. The second-order valence-corrected chi connectivity index (χ2v) is 6.83. The molecule has 0 atom stereocenters. The van der Waals surface area contributed by atoms with Gasteiger partial charge in [0.15, 0.2) is 5.76 Å². The highest BCUT2D eigenvalue weighted by molar-refractivity contribution is 5.91. The third-order valence-electron chi connectivity index (χ3n) is 4.84. The van der Waals surface area contributed by atoms with Crippen molar-refractivity contribution in [2.75, 3.05) is 39.3 Å². The molecular formula is C21H28ClFN2O3. The second kappa shape index (κ2) is 11.7. The predicted molar refractivity (Wildman–Crippen MR) is 109 cm³/mol. The first-order chi connectivity index (χ1) is 13.2. The maximum atomic E-state index is 12.8. The Bertz CT molecular complexity index is 686. The first kappa shape index (κ1) is 22.2. The van der Waals surface area contributed by atoms with Crippen LogP contribution >= 0.6 is 12.4 Å². The summed E-state index contributed by atoms with van der Waals surface area (Å²) in [6, 6.07) is 9.61. The van der Waals surface area contributed by atoms with Crippen LogP contribution in [0.5, 0.6) is 5.75 Å². The van der Waals surface area contributed by atoms with Gasteiger partial charge in [0, 0.05) is 26.2 Å². The van der Waals surface area contributed by atoms with Gasteiger partial charge in [0.25, 0.3) is 5.91 Å². The van der Waals surface area contributed by atoms with E-state index in [1.165, 1.54) is 18.4 Å². The Kier molecular flexibility index (Phi) is 9.31. The molecule has 1 aliphatic rings. The minimum Gasteiger partial charge on any atom is -0.494 e. The molecule has 1 aliphatic heterocycles. The zero-order chi connectivity index (χ0) is 18.9. The third-order valence-corrected chi connectivity index (χ3v) is 4.84. The fourth-order valence-electron chi connectivity index (χ4n) is 3.24. The highest BCUT2D eigenvalue weighted by Gasteiger charge is 2.23. The van der Waals surface area contributed by atoms with Gasteiger partial charge < -0.3 is 14.1 Å². The van der Waals surface area contributed by atoms with Crippen molar-refractivity contribution < 1.29 is 18.3 Å². The van der Waals surface area contributed by atoms with Gasteiger partial charge in [-0.1, -0.05) is 12.8 Å². The van der Waals surface area contributed by atoms with E-state index in [1.807, 2.05) is 4.90 Å². The molecule has 154 valence electrons. The van der Waals surface area contributed by atoms with E-state index < -0.39 is 0 Å². The van der Waals surface area contributed by atoms with Crippen LogP contribution in [0.1, 0.15) is 36.2 Å². The first-order valence-electron chi connectivity index (χ1n) is 9.66. The number of nitrogens with zero attached hydrogens (tertiary/aromatic N) is 2. The van der Waals surface area contributed by atoms with Crippen molar-refractivity contribution in [2.45, 2.75) is 25.7 Å². The number of benzene rings is 1. The molecular weight excluding hydrogens is 383 g/mol. The Hall–Kier alpha value is -2.05. The van der Waals surface area contributed by atoms with E-state index in [2.05, 4.69) is 4.90 Å². The van der Waals surface area contributed by atoms with Crippen LogP contribution in [0.3, 0.4) is 0 Å². The molecule has 0 bridgehead atoms. The monoisotopic (exact) mass is 410 g/mol. The summed E-state index contributed by atoms with van der Waals surface area (Å²) < 4.78 is 23.6. The topological polar surface area (TPSA) is 45.9 Å². The summed E-state index contributed by atoms with van der Waals surface area (Å²) >= 11 is 0. The van der Waals surface area contributed by atoms with Crippen LogP contribution in [0.2, 0.25) is 0 Å². The van der Waals surface area contributed by atoms with Gasteiger partial charge in [0.1, 0.15) is 11.6 Å². The Labute approximate surface area is 171 Å². The predicted octanol–water partition coefficient (Wildman–Crippen LogP) is 4.24. The molecule has 1 aromatic heterocycles. The lowest BCUT2D eigenvalue weighted by Gasteiger charge is -2.34. The molecule has 0 saturated carbocycles. The van der Waals surface area contributed by atoms with E-state index in [0.29, 0.717) is 12.4 Å². The standard InChI is InChI=1S/C21H27FN2O3.ClH/c22-18-7-9-19(10-8-18)26-16-4-2-1-3-11-23-12-14-24(15-13-23)21(25)20-6-5-17-27-20;/h5-10,17H,1-4,11-16H2;1H. The SMILES string of the molecule is Cl.O=C(c1ccco1)N1CCN(CCCCCCOc2ccc(F)cc2)CC1. The molecule has 28 heavy (non-hydrogen) atoms. The van der Waals surface area contributed by atoms with E-state index in [-0.39, 0.29) is 24.1 Å². The van der Waals surface area contributed by atoms with Gasteiger partial charge in [-0.2, -0.15) is 0 Å². The molecule has 0 unspecified atom stereocenters. The van der Waals surface area contributed by atoms with E-state index in [0.717, 1.165) is 64.2 Å². The highest BCUT2D eigenvalue weighted by atomic mass is 35.5. The van der Waals surface area contributed by atoms with Crippen LogP contribution in [-0.2, 0) is 0 Å². The quantitative estimate of drug-likeness (QED) is 0.580. The lowest BCUT2D eigenvalue weighted by atomic mass is 10.2. The Morgan fingerprint density at radius 3 is 2.39 bits per heavy atom. The van der Waals surface area contributed by atoms with Crippen molar-refractivity contribution >= 4 is 18.3 Å². The molecule has 1 fully saturated rings. The van der Waals surface area contributed by atoms with Crippen LogP contribution in [0.15, 0.2) is 47.1 Å². The summed E-state index contributed by atoms with van der Waals surface area (Å²) in [5.41, 5.74) is 0. The molecule has 0 radical (unpaired) electrons. The number of ether oxygens (including phenoxy) is 1. The molecule has 3 rings (SSSR count). The number of hydrogen-bond acceptors (Lipinski definition) is 4. The normalized spacial score (nSPS) is 14.5. The number of hydrogen-bond donors (Lipinski definition) is 0. The van der Waals surface area contributed by atoms with Crippen LogP contribution in [0.4, 0.5) is 4.39 Å². The summed E-state index contributed by atoms with van der Waals surface area (Å²) in [5.74, 6) is 0.888. The zero-order valence-corrected chi connectivity index (χ0v) is 16.8. The van der Waals surface area contributed by atoms with Crippen molar-refractivity contribution in [1.29, 1.82) is 0 Å². The molecule has 0 aliphatic carbocycles. The molecule has 1 aromatic carbocycles. The van der Waals surface area contributed by atoms with Gasteiger partial charge in [-0.25, -0.2) is 4.39 Å². The second-order valence-electron chi connectivity index (χ2n) is 6.83. The minimum absolute atomic E-state index is 0. The fourth-order valence-corrected chi connectivity index (χ4v) is 3.24. The number of piperazine rings is 1. The zero-order valence-electron chi connectivity index (χ0n) is 16.0. The summed E-state index contributed by atoms with van der Waals surface area (Å²) in [7, 11) is 0. The number of carbonyl (C=O) groups excluding carboxylic acids is 1. The molecule has 7 heteroatoms. The van der Waals surface area contributed by atoms with Crippen LogP contribution in [0, 0.1) is 5.82 Å². The highest BCUT2D eigenvalue weighted by Crippen LogP contribution is 2.13. The number of rotatable bonds is 9. The number of carbonyl (C=O) groups is 1. The smallest absolute Gasteiger partial charge is 0.289 e. The van der Waals surface area contributed by atoms with Crippen LogP contribution in [-0.4, -0.2) is 55.0 Å². The van der Waals surface area contributed by atoms with Gasteiger partial charge >= 0.3 is 0 Å². The summed E-state index contributed by atoms with van der Waals surface area (Å²) in [5, 5.41) is 0.